The van der Waals surface area contributed by atoms with Crippen LogP contribution in [-0.4, -0.2) is 31.7 Å². The number of halogens is 3. The van der Waals surface area contributed by atoms with Gasteiger partial charge in [0.05, 0.1) is 24.4 Å². The summed E-state index contributed by atoms with van der Waals surface area (Å²) < 4.78 is 40.2. The maximum atomic E-state index is 12.5. The van der Waals surface area contributed by atoms with E-state index in [2.05, 4.69) is 31.0 Å². The highest BCUT2D eigenvalue weighted by molar-refractivity contribution is 9.10. The Bertz CT molecular complexity index is 1030. The summed E-state index contributed by atoms with van der Waals surface area (Å²) in [5.41, 5.74) is 1.75. The van der Waals surface area contributed by atoms with E-state index >= 15 is 0 Å². The summed E-state index contributed by atoms with van der Waals surface area (Å²) in [4.78, 5) is 16.9. The molecule has 0 saturated heterocycles. The number of carbonyl (C=O) groups excluding carboxylic acids is 1. The van der Waals surface area contributed by atoms with Crippen molar-refractivity contribution in [1.82, 2.24) is 4.98 Å². The number of amides is 1. The van der Waals surface area contributed by atoms with Gasteiger partial charge in [-0.15, -0.1) is 11.3 Å². The Balaban J connectivity index is 1.76. The van der Waals surface area contributed by atoms with Gasteiger partial charge in [0.15, 0.2) is 16.6 Å². The largest absolute Gasteiger partial charge is 0.496 e. The number of alkyl halides is 2. The van der Waals surface area contributed by atoms with Crippen LogP contribution in [0.25, 0.3) is 11.3 Å². The second-order valence-corrected chi connectivity index (χ2v) is 7.30. The Kier molecular flexibility index (Phi) is 6.65. The zero-order chi connectivity index (χ0) is 21.0. The van der Waals surface area contributed by atoms with Crippen molar-refractivity contribution in [3.05, 3.63) is 51.8 Å². The summed E-state index contributed by atoms with van der Waals surface area (Å²) in [6, 6.07) is 9.48. The molecule has 3 aromatic rings. The quantitative estimate of drug-likeness (QED) is 0.483. The van der Waals surface area contributed by atoms with Crippen LogP contribution >= 0.6 is 27.3 Å². The van der Waals surface area contributed by atoms with Gasteiger partial charge in [-0.2, -0.15) is 8.78 Å². The molecule has 0 atom stereocenters. The number of aromatic nitrogens is 1. The van der Waals surface area contributed by atoms with Crippen molar-refractivity contribution >= 4 is 38.3 Å². The molecule has 0 bridgehead atoms. The van der Waals surface area contributed by atoms with Crippen molar-refractivity contribution in [2.75, 3.05) is 19.5 Å². The average Bonchev–Trinajstić information content (AvgIpc) is 3.16. The zero-order valence-corrected chi connectivity index (χ0v) is 17.6. The number of benzene rings is 2. The Morgan fingerprint density at radius 1 is 1.10 bits per heavy atom. The third kappa shape index (κ3) is 5.01. The van der Waals surface area contributed by atoms with E-state index in [4.69, 9.17) is 9.47 Å². The number of thiazole rings is 1. The van der Waals surface area contributed by atoms with E-state index in [1.165, 1.54) is 36.6 Å². The van der Waals surface area contributed by atoms with E-state index < -0.39 is 12.5 Å². The van der Waals surface area contributed by atoms with Gasteiger partial charge in [0.1, 0.15) is 5.75 Å². The van der Waals surface area contributed by atoms with Crippen LogP contribution in [0.1, 0.15) is 10.4 Å². The smallest absolute Gasteiger partial charge is 0.387 e. The number of carbonyl (C=O) groups is 1. The number of hydrogen-bond acceptors (Lipinski definition) is 6. The molecule has 152 valence electrons. The fraction of sp³-hybridized carbons (Fsp3) is 0.158. The highest BCUT2D eigenvalue weighted by Crippen LogP contribution is 2.33. The first kappa shape index (κ1) is 21.0. The van der Waals surface area contributed by atoms with Gasteiger partial charge in [0.25, 0.3) is 5.91 Å². The minimum Gasteiger partial charge on any atom is -0.496 e. The molecule has 1 N–H and O–H groups in total. The molecule has 0 aliphatic rings. The van der Waals surface area contributed by atoms with Gasteiger partial charge in [0.2, 0.25) is 0 Å². The summed E-state index contributed by atoms with van der Waals surface area (Å²) in [5, 5.41) is 4.89. The van der Waals surface area contributed by atoms with E-state index in [1.807, 2.05) is 23.6 Å². The lowest BCUT2D eigenvalue weighted by atomic mass is 10.2. The maximum absolute atomic E-state index is 12.5. The molecule has 1 heterocycles. The molecule has 0 spiro atoms. The van der Waals surface area contributed by atoms with Crippen molar-refractivity contribution in [2.24, 2.45) is 0 Å². The van der Waals surface area contributed by atoms with Gasteiger partial charge in [-0.25, -0.2) is 4.98 Å². The third-order valence-electron chi connectivity index (χ3n) is 3.81. The van der Waals surface area contributed by atoms with E-state index in [1.54, 1.807) is 7.11 Å². The first-order valence-electron chi connectivity index (χ1n) is 8.15. The lowest BCUT2D eigenvalue weighted by Crippen LogP contribution is -2.12. The average molecular weight is 485 g/mol. The molecular weight excluding hydrogens is 470 g/mol. The van der Waals surface area contributed by atoms with Crippen molar-refractivity contribution in [3.8, 4) is 28.5 Å². The van der Waals surface area contributed by atoms with Crippen molar-refractivity contribution < 1.29 is 27.8 Å². The molecule has 0 radical (unpaired) electrons. The van der Waals surface area contributed by atoms with Crippen LogP contribution in [0.4, 0.5) is 13.9 Å². The number of anilines is 1. The van der Waals surface area contributed by atoms with Crippen LogP contribution in [0.15, 0.2) is 46.3 Å². The van der Waals surface area contributed by atoms with Crippen LogP contribution in [0.3, 0.4) is 0 Å². The molecule has 0 fully saturated rings. The lowest BCUT2D eigenvalue weighted by Gasteiger charge is -2.11. The van der Waals surface area contributed by atoms with Gasteiger partial charge in [-0.1, -0.05) is 0 Å². The lowest BCUT2D eigenvalue weighted by molar-refractivity contribution is -0.0512. The van der Waals surface area contributed by atoms with Crippen LogP contribution in [-0.2, 0) is 0 Å². The molecule has 3 rings (SSSR count). The number of rotatable bonds is 7. The topological polar surface area (TPSA) is 69.7 Å². The molecule has 1 amide bonds. The first-order valence-corrected chi connectivity index (χ1v) is 9.82. The summed E-state index contributed by atoms with van der Waals surface area (Å²) in [6.45, 7) is -2.99. The molecule has 0 unspecified atom stereocenters. The molecule has 0 saturated carbocycles. The monoisotopic (exact) mass is 484 g/mol. The second-order valence-electron chi connectivity index (χ2n) is 5.59. The Hall–Kier alpha value is -2.72. The van der Waals surface area contributed by atoms with Crippen LogP contribution in [0.2, 0.25) is 0 Å². The molecule has 0 aliphatic heterocycles. The molecular formula is C19H15BrF2N2O4S. The number of hydrogen-bond donors (Lipinski definition) is 1. The molecule has 0 aliphatic carbocycles. The molecule has 10 heteroatoms. The fourth-order valence-corrected chi connectivity index (χ4v) is 3.72. The van der Waals surface area contributed by atoms with Gasteiger partial charge in [-0.05, 0) is 52.3 Å². The Morgan fingerprint density at radius 2 is 1.83 bits per heavy atom. The minimum absolute atomic E-state index is 0.0286. The Morgan fingerprint density at radius 3 is 2.48 bits per heavy atom. The third-order valence-corrected chi connectivity index (χ3v) is 5.19. The summed E-state index contributed by atoms with van der Waals surface area (Å²) in [7, 11) is 2.88. The van der Waals surface area contributed by atoms with Gasteiger partial charge < -0.3 is 14.2 Å². The highest BCUT2D eigenvalue weighted by Gasteiger charge is 2.16. The summed E-state index contributed by atoms with van der Waals surface area (Å²) >= 11 is 4.69. The maximum Gasteiger partial charge on any atom is 0.387 e. The van der Waals surface area contributed by atoms with Crippen molar-refractivity contribution in [2.45, 2.75) is 6.61 Å². The number of ether oxygens (including phenoxy) is 3. The van der Waals surface area contributed by atoms with Crippen LogP contribution < -0.4 is 19.5 Å². The van der Waals surface area contributed by atoms with Gasteiger partial charge in [-0.3, -0.25) is 10.1 Å². The number of methoxy groups -OCH3 is 2. The molecule has 6 nitrogen and oxygen atoms in total. The van der Waals surface area contributed by atoms with Crippen molar-refractivity contribution in [1.29, 1.82) is 0 Å². The summed E-state index contributed by atoms with van der Waals surface area (Å²) in [6.07, 6.45) is 0. The van der Waals surface area contributed by atoms with Gasteiger partial charge in [0, 0.05) is 16.5 Å². The zero-order valence-electron chi connectivity index (χ0n) is 15.2. The van der Waals surface area contributed by atoms with Crippen molar-refractivity contribution in [3.63, 3.8) is 0 Å². The van der Waals surface area contributed by atoms with Crippen LogP contribution in [0.5, 0.6) is 17.2 Å². The highest BCUT2D eigenvalue weighted by atomic mass is 79.9. The predicted molar refractivity (Wildman–Crippen MR) is 109 cm³/mol. The minimum atomic E-state index is -2.99. The number of nitrogens with one attached hydrogen (secondary N) is 1. The van der Waals surface area contributed by atoms with E-state index in [9.17, 15) is 13.6 Å². The normalized spacial score (nSPS) is 10.7. The Labute approximate surface area is 177 Å². The van der Waals surface area contributed by atoms with Crippen LogP contribution in [0, 0.1) is 0 Å². The molecule has 1 aromatic heterocycles. The number of nitrogens with zero attached hydrogens (tertiary/aromatic N) is 1. The standard InChI is InChI=1S/C19H15BrF2N2O4S/c1-26-14-5-3-10(7-12(14)20)13-9-29-19(23-13)24-17(25)11-4-6-15(28-18(21)22)16(8-11)27-2/h3-9,18H,1-2H3,(H,23,24,25). The first-order chi connectivity index (χ1) is 13.9. The molecule has 2 aromatic carbocycles. The summed E-state index contributed by atoms with van der Waals surface area (Å²) in [5.74, 6) is 0.121. The predicted octanol–water partition coefficient (Wildman–Crippen LogP) is 5.44. The van der Waals surface area contributed by atoms with Gasteiger partial charge >= 0.3 is 6.61 Å². The van der Waals surface area contributed by atoms with E-state index in [-0.39, 0.29) is 17.1 Å². The van der Waals surface area contributed by atoms with E-state index in [0.717, 1.165) is 10.0 Å². The van der Waals surface area contributed by atoms with E-state index in [0.29, 0.717) is 16.6 Å². The SMILES string of the molecule is COc1ccc(-c2csc(NC(=O)c3ccc(OC(F)F)c(OC)c3)n2)cc1Br. The molecule has 29 heavy (non-hydrogen) atoms. The fourth-order valence-electron chi connectivity index (χ4n) is 2.46. The second kappa shape index (κ2) is 9.19.